The summed E-state index contributed by atoms with van der Waals surface area (Å²) in [5, 5.41) is 1.59. The zero-order valence-electron chi connectivity index (χ0n) is 10.7. The van der Waals surface area contributed by atoms with Crippen LogP contribution in [0.4, 0.5) is 0 Å². The molecule has 0 saturated carbocycles. The van der Waals surface area contributed by atoms with Gasteiger partial charge in [-0.1, -0.05) is 48.5 Å². The molecular formula is C17H12ClNO. The summed E-state index contributed by atoms with van der Waals surface area (Å²) < 4.78 is 1.66. The number of fused-ring (bicyclic) bond motifs is 1. The molecule has 3 heteroatoms. The molecule has 0 bridgehead atoms. The standard InChI is InChI=1S/C17H12ClNO/c1-2-17(20)19-15-9-8-14(18)10-13(15)11-16(19)12-6-4-3-5-7-12/h2-11H,1H2. The van der Waals surface area contributed by atoms with E-state index in [0.717, 1.165) is 22.2 Å². The molecular weight excluding hydrogens is 270 g/mol. The van der Waals surface area contributed by atoms with Gasteiger partial charge in [0.1, 0.15) is 0 Å². The van der Waals surface area contributed by atoms with Gasteiger partial charge < -0.3 is 0 Å². The summed E-state index contributed by atoms with van der Waals surface area (Å²) in [6.45, 7) is 3.58. The predicted octanol–water partition coefficient (Wildman–Crippen LogP) is 4.79. The number of aromatic nitrogens is 1. The van der Waals surface area contributed by atoms with Crippen LogP contribution in [-0.4, -0.2) is 10.5 Å². The molecule has 2 aromatic carbocycles. The summed E-state index contributed by atoms with van der Waals surface area (Å²) in [5.41, 5.74) is 2.65. The second kappa shape index (κ2) is 4.99. The lowest BCUT2D eigenvalue weighted by Gasteiger charge is -2.06. The van der Waals surface area contributed by atoms with Gasteiger partial charge in [-0.3, -0.25) is 9.36 Å². The summed E-state index contributed by atoms with van der Waals surface area (Å²) in [5.74, 6) is -0.152. The van der Waals surface area contributed by atoms with E-state index in [4.69, 9.17) is 11.6 Å². The highest BCUT2D eigenvalue weighted by molar-refractivity contribution is 6.31. The molecule has 20 heavy (non-hydrogen) atoms. The van der Waals surface area contributed by atoms with Crippen molar-refractivity contribution in [1.82, 2.24) is 4.57 Å². The number of halogens is 1. The smallest absolute Gasteiger partial charge is 0.254 e. The van der Waals surface area contributed by atoms with Gasteiger partial charge in [-0.15, -0.1) is 0 Å². The van der Waals surface area contributed by atoms with Gasteiger partial charge in [0.2, 0.25) is 0 Å². The summed E-state index contributed by atoms with van der Waals surface area (Å²) in [6, 6.07) is 17.3. The van der Waals surface area contributed by atoms with Crippen LogP contribution in [-0.2, 0) is 0 Å². The number of carbonyl (C=O) groups excluding carboxylic acids is 1. The van der Waals surface area contributed by atoms with Crippen molar-refractivity contribution in [2.24, 2.45) is 0 Å². The SMILES string of the molecule is C=CC(=O)n1c(-c2ccccc2)cc2cc(Cl)ccc21. The fraction of sp³-hybridized carbons (Fsp3) is 0. The van der Waals surface area contributed by atoms with Crippen LogP contribution >= 0.6 is 11.6 Å². The zero-order valence-corrected chi connectivity index (χ0v) is 11.5. The Kier molecular flexibility index (Phi) is 3.17. The molecule has 3 rings (SSSR count). The van der Waals surface area contributed by atoms with E-state index in [9.17, 15) is 4.79 Å². The lowest BCUT2D eigenvalue weighted by Crippen LogP contribution is -2.08. The largest absolute Gasteiger partial charge is 0.276 e. The molecule has 0 aliphatic rings. The van der Waals surface area contributed by atoms with Gasteiger partial charge >= 0.3 is 0 Å². The van der Waals surface area contributed by atoms with Crippen molar-refractivity contribution in [3.63, 3.8) is 0 Å². The van der Waals surface area contributed by atoms with E-state index < -0.39 is 0 Å². The maximum Gasteiger partial charge on any atom is 0.254 e. The van der Waals surface area contributed by atoms with Crippen molar-refractivity contribution < 1.29 is 4.79 Å². The molecule has 0 unspecified atom stereocenters. The highest BCUT2D eigenvalue weighted by atomic mass is 35.5. The normalized spacial score (nSPS) is 10.7. The first kappa shape index (κ1) is 12.7. The molecule has 0 aliphatic carbocycles. The topological polar surface area (TPSA) is 22.0 Å². The van der Waals surface area contributed by atoms with Gasteiger partial charge in [-0.2, -0.15) is 0 Å². The first-order valence-corrected chi connectivity index (χ1v) is 6.61. The van der Waals surface area contributed by atoms with Crippen molar-refractivity contribution in [3.05, 3.63) is 72.3 Å². The number of hydrogen-bond acceptors (Lipinski definition) is 1. The maximum atomic E-state index is 12.2. The minimum Gasteiger partial charge on any atom is -0.276 e. The molecule has 0 radical (unpaired) electrons. The van der Waals surface area contributed by atoms with Crippen LogP contribution < -0.4 is 0 Å². The first-order chi connectivity index (χ1) is 9.70. The van der Waals surface area contributed by atoms with Crippen LogP contribution in [0.1, 0.15) is 4.79 Å². The second-order valence-corrected chi connectivity index (χ2v) is 4.91. The Morgan fingerprint density at radius 3 is 2.55 bits per heavy atom. The molecule has 0 spiro atoms. The van der Waals surface area contributed by atoms with Gasteiger partial charge in [-0.25, -0.2) is 0 Å². The number of allylic oxidation sites excluding steroid dienone is 1. The quantitative estimate of drug-likeness (QED) is 0.619. The summed E-state index contributed by atoms with van der Waals surface area (Å²) >= 11 is 6.03. The fourth-order valence-corrected chi connectivity index (χ4v) is 2.52. The molecule has 0 amide bonds. The van der Waals surface area contributed by atoms with Crippen LogP contribution in [0.25, 0.3) is 22.2 Å². The third kappa shape index (κ3) is 2.04. The number of hydrogen-bond donors (Lipinski definition) is 0. The molecule has 0 saturated heterocycles. The number of carbonyl (C=O) groups is 1. The molecule has 98 valence electrons. The Labute approximate surface area is 121 Å². The fourth-order valence-electron chi connectivity index (χ4n) is 2.34. The third-order valence-corrected chi connectivity index (χ3v) is 3.46. The van der Waals surface area contributed by atoms with E-state index in [1.54, 1.807) is 10.6 Å². The second-order valence-electron chi connectivity index (χ2n) is 4.48. The van der Waals surface area contributed by atoms with Crippen molar-refractivity contribution in [1.29, 1.82) is 0 Å². The molecule has 3 aromatic rings. The van der Waals surface area contributed by atoms with E-state index in [1.807, 2.05) is 48.5 Å². The van der Waals surface area contributed by atoms with Gasteiger partial charge in [0.15, 0.2) is 0 Å². The van der Waals surface area contributed by atoms with Crippen LogP contribution in [0.5, 0.6) is 0 Å². The lowest BCUT2D eigenvalue weighted by molar-refractivity contribution is 0.0976. The maximum absolute atomic E-state index is 12.2. The van der Waals surface area contributed by atoms with Crippen LogP contribution in [0.3, 0.4) is 0 Å². The van der Waals surface area contributed by atoms with Crippen molar-refractivity contribution >= 4 is 28.4 Å². The molecule has 1 heterocycles. The molecule has 2 nitrogen and oxygen atoms in total. The Balaban J connectivity index is 2.36. The van der Waals surface area contributed by atoms with Crippen LogP contribution in [0.2, 0.25) is 5.02 Å². The molecule has 1 aromatic heterocycles. The van der Waals surface area contributed by atoms with E-state index in [0.29, 0.717) is 5.02 Å². The molecule has 0 aliphatic heterocycles. The lowest BCUT2D eigenvalue weighted by atomic mass is 10.1. The monoisotopic (exact) mass is 281 g/mol. The number of rotatable bonds is 2. The summed E-state index contributed by atoms with van der Waals surface area (Å²) in [4.78, 5) is 12.2. The van der Waals surface area contributed by atoms with Gasteiger partial charge in [-0.05, 0) is 35.9 Å². The minimum atomic E-state index is -0.152. The van der Waals surface area contributed by atoms with Gasteiger partial charge in [0.25, 0.3) is 5.91 Å². The van der Waals surface area contributed by atoms with Crippen LogP contribution in [0, 0.1) is 0 Å². The minimum absolute atomic E-state index is 0.152. The zero-order chi connectivity index (χ0) is 14.1. The van der Waals surface area contributed by atoms with Crippen molar-refractivity contribution in [3.8, 4) is 11.3 Å². The average molecular weight is 282 g/mol. The molecule has 0 atom stereocenters. The molecule has 0 fully saturated rings. The Hall–Kier alpha value is -2.32. The van der Waals surface area contributed by atoms with Crippen LogP contribution in [0.15, 0.2) is 67.3 Å². The average Bonchev–Trinajstić information content (AvgIpc) is 2.85. The highest BCUT2D eigenvalue weighted by Crippen LogP contribution is 2.29. The highest BCUT2D eigenvalue weighted by Gasteiger charge is 2.14. The predicted molar refractivity (Wildman–Crippen MR) is 83.2 cm³/mol. The third-order valence-electron chi connectivity index (χ3n) is 3.23. The first-order valence-electron chi connectivity index (χ1n) is 6.24. The Bertz CT molecular complexity index is 802. The van der Waals surface area contributed by atoms with E-state index in [1.165, 1.54) is 6.08 Å². The van der Waals surface area contributed by atoms with E-state index >= 15 is 0 Å². The summed E-state index contributed by atoms with van der Waals surface area (Å²) in [7, 11) is 0. The van der Waals surface area contributed by atoms with Crippen molar-refractivity contribution in [2.45, 2.75) is 0 Å². The van der Waals surface area contributed by atoms with E-state index in [2.05, 4.69) is 6.58 Å². The number of nitrogens with zero attached hydrogens (tertiary/aromatic N) is 1. The molecule has 0 N–H and O–H groups in total. The Morgan fingerprint density at radius 1 is 1.10 bits per heavy atom. The Morgan fingerprint density at radius 2 is 1.85 bits per heavy atom. The van der Waals surface area contributed by atoms with Gasteiger partial charge in [0, 0.05) is 10.4 Å². The van der Waals surface area contributed by atoms with E-state index in [-0.39, 0.29) is 5.91 Å². The summed E-state index contributed by atoms with van der Waals surface area (Å²) in [6.07, 6.45) is 1.32. The number of benzene rings is 2. The van der Waals surface area contributed by atoms with Gasteiger partial charge in [0.05, 0.1) is 11.2 Å². The van der Waals surface area contributed by atoms with Crippen molar-refractivity contribution in [2.75, 3.05) is 0 Å².